The highest BCUT2D eigenvalue weighted by Crippen LogP contribution is 2.34. The van der Waals surface area contributed by atoms with E-state index in [0.29, 0.717) is 66.1 Å². The highest BCUT2D eigenvalue weighted by Gasteiger charge is 2.18. The molecule has 2 aromatic carbocycles. The average Bonchev–Trinajstić information content (AvgIpc) is 2.77. The molecule has 2 heterocycles. The predicted octanol–water partition coefficient (Wildman–Crippen LogP) is 3.70. The molecule has 0 radical (unpaired) electrons. The van der Waals surface area contributed by atoms with Crippen molar-refractivity contribution in [1.82, 2.24) is 0 Å². The molecule has 160 valence electrons. The van der Waals surface area contributed by atoms with Crippen LogP contribution >= 0.6 is 0 Å². The minimum atomic E-state index is 0.440. The summed E-state index contributed by atoms with van der Waals surface area (Å²) in [6.07, 6.45) is 0. The maximum atomic E-state index is 6.10. The van der Waals surface area contributed by atoms with Gasteiger partial charge in [-0.2, -0.15) is 0 Å². The molecule has 7 heteroatoms. The van der Waals surface area contributed by atoms with Crippen molar-refractivity contribution in [3.63, 3.8) is 0 Å². The fourth-order valence-corrected chi connectivity index (χ4v) is 3.21. The van der Waals surface area contributed by atoms with E-state index in [0.717, 1.165) is 33.4 Å². The molecule has 7 nitrogen and oxygen atoms in total. The molecule has 4 rings (SSSR count). The number of benzene rings is 2. The van der Waals surface area contributed by atoms with Gasteiger partial charge in [0.2, 0.25) is 0 Å². The lowest BCUT2D eigenvalue weighted by Crippen LogP contribution is -2.14. The first-order valence-electron chi connectivity index (χ1n) is 10.3. The number of rotatable bonds is 0. The zero-order valence-corrected chi connectivity index (χ0v) is 17.0. The van der Waals surface area contributed by atoms with Crippen LogP contribution in [0.5, 0.6) is 11.5 Å². The third-order valence-electron chi connectivity index (χ3n) is 4.65. The molecule has 3 aromatic rings. The summed E-state index contributed by atoms with van der Waals surface area (Å²) in [5, 5.41) is 1.78. The van der Waals surface area contributed by atoms with Crippen LogP contribution in [0.2, 0.25) is 0 Å². The van der Waals surface area contributed by atoms with Crippen LogP contribution in [-0.2, 0) is 18.9 Å². The third kappa shape index (κ3) is 5.58. The lowest BCUT2D eigenvalue weighted by Gasteiger charge is -2.09. The fraction of sp³-hybridized carbons (Fsp3) is 0.435. The minimum absolute atomic E-state index is 0.440. The maximum Gasteiger partial charge on any atom is 0.364 e. The average molecular weight is 415 g/mol. The summed E-state index contributed by atoms with van der Waals surface area (Å²) in [5.74, 6) is 1.50. The Kier molecular flexibility index (Phi) is 7.69. The van der Waals surface area contributed by atoms with Gasteiger partial charge < -0.3 is 28.4 Å². The van der Waals surface area contributed by atoms with E-state index in [4.69, 9.17) is 32.8 Å². The van der Waals surface area contributed by atoms with Crippen LogP contribution in [0.1, 0.15) is 0 Å². The standard InChI is InChI=1S/C23H27O7/c1-3-20-18-17-19-21(4-2-6-23(19)30-22(18)5-1)29-16-14-27-12-10-25-8-7-24-9-11-26-13-15-28-20/h1-6,17H,7-16H2/q+1. The van der Waals surface area contributed by atoms with E-state index in [1.54, 1.807) is 0 Å². The van der Waals surface area contributed by atoms with Gasteiger partial charge in [0.25, 0.3) is 0 Å². The number of ether oxygens (including phenoxy) is 6. The molecule has 2 bridgehead atoms. The Hall–Kier alpha value is -2.45. The van der Waals surface area contributed by atoms with Crippen molar-refractivity contribution in [2.24, 2.45) is 0 Å². The number of hydrogen-bond donors (Lipinski definition) is 0. The van der Waals surface area contributed by atoms with Crippen LogP contribution in [0.3, 0.4) is 0 Å². The Labute approximate surface area is 175 Å². The number of hydrogen-bond acceptors (Lipinski definition) is 6. The van der Waals surface area contributed by atoms with Crippen molar-refractivity contribution in [3.8, 4) is 11.5 Å². The smallest absolute Gasteiger partial charge is 0.364 e. The van der Waals surface area contributed by atoms with Crippen molar-refractivity contribution < 1.29 is 32.8 Å². The lowest BCUT2D eigenvalue weighted by molar-refractivity contribution is -0.00690. The topological polar surface area (TPSA) is 66.7 Å². The van der Waals surface area contributed by atoms with Crippen LogP contribution in [0, 0.1) is 0 Å². The summed E-state index contributed by atoms with van der Waals surface area (Å²) in [6, 6.07) is 13.6. The molecule has 1 aliphatic heterocycles. The van der Waals surface area contributed by atoms with Gasteiger partial charge in [0, 0.05) is 12.1 Å². The summed E-state index contributed by atoms with van der Waals surface area (Å²) in [6.45, 7) is 5.00. The lowest BCUT2D eigenvalue weighted by atomic mass is 10.1. The molecule has 0 aliphatic carbocycles. The summed E-state index contributed by atoms with van der Waals surface area (Å²) in [4.78, 5) is 0. The van der Waals surface area contributed by atoms with Gasteiger partial charge in [-0.05, 0) is 30.3 Å². The van der Waals surface area contributed by atoms with Gasteiger partial charge in [-0.1, -0.05) is 0 Å². The second-order valence-corrected chi connectivity index (χ2v) is 6.73. The molecule has 0 amide bonds. The summed E-state index contributed by atoms with van der Waals surface area (Å²) in [7, 11) is 0. The Morgan fingerprint density at radius 2 is 0.900 bits per heavy atom. The molecule has 0 spiro atoms. The highest BCUT2D eigenvalue weighted by atomic mass is 16.6. The molecule has 1 aromatic heterocycles. The van der Waals surface area contributed by atoms with E-state index < -0.39 is 0 Å². The molecule has 30 heavy (non-hydrogen) atoms. The van der Waals surface area contributed by atoms with Gasteiger partial charge >= 0.3 is 11.2 Å². The zero-order chi connectivity index (χ0) is 20.4. The Morgan fingerprint density at radius 1 is 0.500 bits per heavy atom. The molecular formula is C23H27O7+. The van der Waals surface area contributed by atoms with Gasteiger partial charge in [0.15, 0.2) is 0 Å². The molecule has 0 fully saturated rings. The molecule has 0 N–H and O–H groups in total. The second-order valence-electron chi connectivity index (χ2n) is 6.73. The van der Waals surface area contributed by atoms with E-state index in [1.807, 2.05) is 42.5 Å². The van der Waals surface area contributed by atoms with Crippen molar-refractivity contribution >= 4 is 21.9 Å². The molecule has 0 unspecified atom stereocenters. The maximum absolute atomic E-state index is 6.10. The molecular weight excluding hydrogens is 388 g/mol. The van der Waals surface area contributed by atoms with E-state index in [-0.39, 0.29) is 0 Å². The van der Waals surface area contributed by atoms with Crippen molar-refractivity contribution in [2.75, 3.05) is 66.1 Å². The predicted molar refractivity (Wildman–Crippen MR) is 112 cm³/mol. The van der Waals surface area contributed by atoms with Crippen molar-refractivity contribution in [1.29, 1.82) is 0 Å². The van der Waals surface area contributed by atoms with E-state index >= 15 is 0 Å². The summed E-state index contributed by atoms with van der Waals surface area (Å²) >= 11 is 0. The Balaban J connectivity index is 1.54. The first-order valence-corrected chi connectivity index (χ1v) is 10.3. The monoisotopic (exact) mass is 415 g/mol. The van der Waals surface area contributed by atoms with E-state index in [9.17, 15) is 0 Å². The van der Waals surface area contributed by atoms with Crippen LogP contribution in [-0.4, -0.2) is 66.1 Å². The van der Waals surface area contributed by atoms with Crippen LogP contribution in [0.25, 0.3) is 21.9 Å². The van der Waals surface area contributed by atoms with E-state index in [1.165, 1.54) is 0 Å². The SMILES string of the molecule is c1cc2c3cc4c(cccc4[o+]c3c1)OCCOCCOCCOCCOCCO2. The van der Waals surface area contributed by atoms with Gasteiger partial charge in [0.1, 0.15) is 35.5 Å². The first kappa shape index (κ1) is 20.8. The third-order valence-corrected chi connectivity index (χ3v) is 4.65. The largest absolute Gasteiger partial charge is 0.490 e. The van der Waals surface area contributed by atoms with Crippen molar-refractivity contribution in [3.05, 3.63) is 42.5 Å². The normalized spacial score (nSPS) is 18.0. The van der Waals surface area contributed by atoms with Gasteiger partial charge in [-0.25, -0.2) is 4.42 Å². The quantitative estimate of drug-likeness (QED) is 0.410. The molecule has 0 atom stereocenters. The summed E-state index contributed by atoms with van der Waals surface area (Å²) < 4.78 is 40.1. The molecule has 0 saturated carbocycles. The van der Waals surface area contributed by atoms with Gasteiger partial charge in [0.05, 0.1) is 52.9 Å². The highest BCUT2D eigenvalue weighted by molar-refractivity contribution is 5.96. The minimum Gasteiger partial charge on any atom is -0.490 e. The first-order chi connectivity index (χ1) is 14.9. The summed E-state index contributed by atoms with van der Waals surface area (Å²) in [5.41, 5.74) is 1.52. The molecule has 1 aliphatic rings. The Morgan fingerprint density at radius 3 is 1.33 bits per heavy atom. The molecule has 0 saturated heterocycles. The zero-order valence-electron chi connectivity index (χ0n) is 17.0. The van der Waals surface area contributed by atoms with Gasteiger partial charge in [-0.15, -0.1) is 0 Å². The van der Waals surface area contributed by atoms with Crippen LogP contribution in [0.4, 0.5) is 0 Å². The fourth-order valence-electron chi connectivity index (χ4n) is 3.21. The Bertz CT molecular complexity index is 870. The second kappa shape index (κ2) is 11.1. The van der Waals surface area contributed by atoms with Crippen LogP contribution in [0.15, 0.2) is 46.9 Å². The van der Waals surface area contributed by atoms with Crippen molar-refractivity contribution in [2.45, 2.75) is 0 Å². The van der Waals surface area contributed by atoms with Crippen LogP contribution < -0.4 is 9.47 Å². The van der Waals surface area contributed by atoms with E-state index in [2.05, 4.69) is 0 Å². The van der Waals surface area contributed by atoms with Gasteiger partial charge in [-0.3, -0.25) is 0 Å².